The number of carbonyl (C=O) groups excluding carboxylic acids is 1. The number of aliphatic hydroxyl groups excluding tert-OH is 1. The van der Waals surface area contributed by atoms with Crippen LogP contribution in [0.25, 0.3) is 0 Å². The van der Waals surface area contributed by atoms with Gasteiger partial charge in [-0.05, 0) is 13.8 Å². The first kappa shape index (κ1) is 9.91. The number of aliphatic hydroxyl groups is 1. The molecule has 3 nitrogen and oxygen atoms in total. The second kappa shape index (κ2) is 5.68. The molecular weight excluding hydrogens is 142 g/mol. The van der Waals surface area contributed by atoms with Gasteiger partial charge >= 0.3 is 0 Å². The molecule has 0 aliphatic rings. The van der Waals surface area contributed by atoms with Crippen LogP contribution in [0.3, 0.4) is 0 Å². The van der Waals surface area contributed by atoms with E-state index >= 15 is 0 Å². The number of allylic oxidation sites excluding steroid dienone is 2. The summed E-state index contributed by atoms with van der Waals surface area (Å²) in [7, 11) is 0. The minimum atomic E-state index is -0.464. The highest BCUT2D eigenvalue weighted by atomic mass is 16.3. The fourth-order valence-electron chi connectivity index (χ4n) is 0.619. The van der Waals surface area contributed by atoms with Crippen LogP contribution in [0.2, 0.25) is 0 Å². The fraction of sp³-hybridized carbons (Fsp3) is 0.375. The number of hydrogen-bond donors (Lipinski definition) is 1. The molecule has 0 unspecified atom stereocenters. The molecule has 0 heterocycles. The van der Waals surface area contributed by atoms with Gasteiger partial charge in [-0.2, -0.15) is 0 Å². The van der Waals surface area contributed by atoms with Crippen molar-refractivity contribution in [2.75, 3.05) is 6.61 Å². The van der Waals surface area contributed by atoms with Crippen molar-refractivity contribution in [2.24, 2.45) is 0 Å². The van der Waals surface area contributed by atoms with Crippen LogP contribution in [0.4, 0.5) is 0 Å². The lowest BCUT2D eigenvalue weighted by molar-refractivity contribution is -0.129. The molecule has 0 radical (unpaired) electrons. The highest BCUT2D eigenvalue weighted by Crippen LogP contribution is 1.92. The van der Waals surface area contributed by atoms with Gasteiger partial charge in [0.2, 0.25) is 0 Å². The van der Waals surface area contributed by atoms with Gasteiger partial charge in [0.25, 0.3) is 5.91 Å². The Kier molecular flexibility index (Phi) is 5.11. The lowest BCUT2D eigenvalue weighted by Crippen LogP contribution is -2.22. The number of hydrogen-bond acceptors (Lipinski definition) is 2. The van der Waals surface area contributed by atoms with Crippen LogP contribution in [-0.2, 0) is 4.79 Å². The molecule has 62 valence electrons. The van der Waals surface area contributed by atoms with Crippen LogP contribution in [0.1, 0.15) is 13.8 Å². The van der Waals surface area contributed by atoms with Gasteiger partial charge in [-0.25, -0.2) is 0 Å². The Morgan fingerprint density at radius 3 is 2.09 bits per heavy atom. The van der Waals surface area contributed by atoms with E-state index in [1.165, 1.54) is 4.90 Å². The van der Waals surface area contributed by atoms with E-state index in [1.54, 1.807) is 38.4 Å². The third-order valence-electron chi connectivity index (χ3n) is 1.04. The van der Waals surface area contributed by atoms with Crippen LogP contribution >= 0.6 is 0 Å². The van der Waals surface area contributed by atoms with Gasteiger partial charge in [-0.1, -0.05) is 12.2 Å². The molecule has 0 aromatic heterocycles. The Morgan fingerprint density at radius 1 is 1.36 bits per heavy atom. The Balaban J connectivity index is 4.20. The predicted octanol–water partition coefficient (Wildman–Crippen LogP) is 0.875. The van der Waals surface area contributed by atoms with Crippen LogP contribution in [0.15, 0.2) is 24.6 Å². The van der Waals surface area contributed by atoms with Gasteiger partial charge in [0.15, 0.2) is 0 Å². The molecule has 0 fully saturated rings. The Labute approximate surface area is 66.6 Å². The Hall–Kier alpha value is -1.09. The summed E-state index contributed by atoms with van der Waals surface area (Å²) in [6.07, 6.45) is 6.65. The summed E-state index contributed by atoms with van der Waals surface area (Å²) in [6.45, 7) is 3.15. The SMILES string of the molecule is C/C=C\N(/C=C\C)C(=O)CO. The smallest absolute Gasteiger partial charge is 0.256 e. The van der Waals surface area contributed by atoms with E-state index in [4.69, 9.17) is 5.11 Å². The minimum Gasteiger partial charge on any atom is -0.387 e. The van der Waals surface area contributed by atoms with E-state index in [2.05, 4.69) is 0 Å². The number of rotatable bonds is 3. The second-order valence-corrected chi connectivity index (χ2v) is 1.92. The monoisotopic (exact) mass is 155 g/mol. The zero-order valence-corrected chi connectivity index (χ0v) is 6.82. The van der Waals surface area contributed by atoms with Crippen molar-refractivity contribution in [3.63, 3.8) is 0 Å². The average molecular weight is 155 g/mol. The van der Waals surface area contributed by atoms with E-state index < -0.39 is 6.61 Å². The number of carbonyl (C=O) groups is 1. The fourth-order valence-corrected chi connectivity index (χ4v) is 0.619. The van der Waals surface area contributed by atoms with Crippen LogP contribution < -0.4 is 0 Å². The molecular formula is C8H13NO2. The first-order valence-corrected chi connectivity index (χ1v) is 3.44. The summed E-state index contributed by atoms with van der Waals surface area (Å²) in [4.78, 5) is 12.2. The maximum Gasteiger partial charge on any atom is 0.256 e. The van der Waals surface area contributed by atoms with Crippen molar-refractivity contribution in [3.05, 3.63) is 24.6 Å². The van der Waals surface area contributed by atoms with Gasteiger partial charge in [0, 0.05) is 12.4 Å². The molecule has 1 N–H and O–H groups in total. The summed E-state index contributed by atoms with van der Waals surface area (Å²) in [5.74, 6) is -0.332. The molecule has 3 heteroatoms. The second-order valence-electron chi connectivity index (χ2n) is 1.92. The molecule has 0 aliphatic heterocycles. The summed E-state index contributed by atoms with van der Waals surface area (Å²) in [5.41, 5.74) is 0. The van der Waals surface area contributed by atoms with Gasteiger partial charge in [0.1, 0.15) is 6.61 Å². The maximum atomic E-state index is 10.9. The van der Waals surface area contributed by atoms with Crippen LogP contribution in [-0.4, -0.2) is 22.5 Å². The van der Waals surface area contributed by atoms with Gasteiger partial charge in [-0.3, -0.25) is 9.69 Å². The first-order valence-electron chi connectivity index (χ1n) is 3.44. The molecule has 0 saturated heterocycles. The average Bonchev–Trinajstić information content (AvgIpc) is 2.03. The molecule has 0 bridgehead atoms. The normalized spacial score (nSPS) is 11.2. The first-order chi connectivity index (χ1) is 5.26. The molecule has 0 spiro atoms. The summed E-state index contributed by atoms with van der Waals surface area (Å²) >= 11 is 0. The lowest BCUT2D eigenvalue weighted by Gasteiger charge is -2.10. The van der Waals surface area contributed by atoms with Gasteiger partial charge in [-0.15, -0.1) is 0 Å². The molecule has 0 atom stereocenters. The summed E-state index contributed by atoms with van der Waals surface area (Å²) in [6, 6.07) is 0. The summed E-state index contributed by atoms with van der Waals surface area (Å²) in [5, 5.41) is 8.50. The van der Waals surface area contributed by atoms with Crippen molar-refractivity contribution in [1.29, 1.82) is 0 Å². The van der Waals surface area contributed by atoms with Crippen LogP contribution in [0, 0.1) is 0 Å². The standard InChI is InChI=1S/C8H13NO2/c1-3-5-9(6-4-2)8(11)7-10/h3-6,10H,7H2,1-2H3/b5-3-,6-4-. The molecule has 0 aliphatic carbocycles. The lowest BCUT2D eigenvalue weighted by atomic mass is 10.5. The number of nitrogens with zero attached hydrogens (tertiary/aromatic N) is 1. The van der Waals surface area contributed by atoms with Crippen molar-refractivity contribution >= 4 is 5.91 Å². The van der Waals surface area contributed by atoms with Crippen molar-refractivity contribution in [1.82, 2.24) is 4.90 Å². The molecule has 0 saturated carbocycles. The Morgan fingerprint density at radius 2 is 1.82 bits per heavy atom. The zero-order chi connectivity index (χ0) is 8.69. The van der Waals surface area contributed by atoms with Crippen molar-refractivity contribution in [3.8, 4) is 0 Å². The third kappa shape index (κ3) is 3.57. The Bertz CT molecular complexity index is 161. The summed E-state index contributed by atoms with van der Waals surface area (Å²) < 4.78 is 0. The molecule has 0 aromatic carbocycles. The molecule has 0 aromatic rings. The molecule has 1 amide bonds. The largest absolute Gasteiger partial charge is 0.387 e. The van der Waals surface area contributed by atoms with E-state index in [9.17, 15) is 4.79 Å². The van der Waals surface area contributed by atoms with E-state index in [-0.39, 0.29) is 5.91 Å². The third-order valence-corrected chi connectivity index (χ3v) is 1.04. The number of amides is 1. The maximum absolute atomic E-state index is 10.9. The predicted molar refractivity (Wildman–Crippen MR) is 43.6 cm³/mol. The topological polar surface area (TPSA) is 40.5 Å². The van der Waals surface area contributed by atoms with E-state index in [0.29, 0.717) is 0 Å². The highest BCUT2D eigenvalue weighted by Gasteiger charge is 2.03. The van der Waals surface area contributed by atoms with Gasteiger partial charge < -0.3 is 5.11 Å². The van der Waals surface area contributed by atoms with E-state index in [1.807, 2.05) is 0 Å². The van der Waals surface area contributed by atoms with Crippen LogP contribution in [0.5, 0.6) is 0 Å². The molecule has 11 heavy (non-hydrogen) atoms. The quantitative estimate of drug-likeness (QED) is 0.657. The highest BCUT2D eigenvalue weighted by molar-refractivity contribution is 5.79. The van der Waals surface area contributed by atoms with E-state index in [0.717, 1.165) is 0 Å². The zero-order valence-electron chi connectivity index (χ0n) is 6.82. The van der Waals surface area contributed by atoms with Gasteiger partial charge in [0.05, 0.1) is 0 Å². The molecule has 0 rings (SSSR count). The van der Waals surface area contributed by atoms with Crippen molar-refractivity contribution in [2.45, 2.75) is 13.8 Å². The minimum absolute atomic E-state index is 0.332. The van der Waals surface area contributed by atoms with Crippen molar-refractivity contribution < 1.29 is 9.90 Å².